The maximum Gasteiger partial charge on any atom is 0.0716 e. The Bertz CT molecular complexity index is 261. The van der Waals surface area contributed by atoms with Crippen molar-refractivity contribution in [3.63, 3.8) is 0 Å². The van der Waals surface area contributed by atoms with Crippen molar-refractivity contribution in [1.82, 2.24) is 0 Å². The van der Waals surface area contributed by atoms with Gasteiger partial charge in [-0.05, 0) is 35.6 Å². The van der Waals surface area contributed by atoms with Crippen molar-refractivity contribution >= 4 is 17.4 Å². The minimum atomic E-state index is 0.692. The quantitative estimate of drug-likeness (QED) is 0.572. The van der Waals surface area contributed by atoms with E-state index in [2.05, 4.69) is 6.92 Å². The first kappa shape index (κ1) is 12.4. The lowest BCUT2D eigenvalue weighted by Gasteiger charge is -2.04. The first-order valence-electron chi connectivity index (χ1n) is 5.33. The number of ether oxygens (including phenoxy) is 1. The zero-order valence-corrected chi connectivity index (χ0v) is 10.1. The first-order chi connectivity index (χ1) is 7.33. The smallest absolute Gasteiger partial charge is 0.0716 e. The zero-order chi connectivity index (χ0) is 10.9. The summed E-state index contributed by atoms with van der Waals surface area (Å²) in [5.41, 5.74) is 7.58. The van der Waals surface area contributed by atoms with Crippen LogP contribution < -0.4 is 5.73 Å². The van der Waals surface area contributed by atoms with Crippen molar-refractivity contribution in [2.24, 2.45) is 0 Å². The number of hydrogen-bond acceptors (Lipinski definition) is 3. The lowest BCUT2D eigenvalue weighted by Crippen LogP contribution is -1.97. The largest absolute Gasteiger partial charge is 0.399 e. The molecule has 1 aromatic rings. The summed E-state index contributed by atoms with van der Waals surface area (Å²) in [5.74, 6) is 2.39. The molecule has 3 heteroatoms. The van der Waals surface area contributed by atoms with Gasteiger partial charge in [-0.15, -0.1) is 0 Å². The Labute approximate surface area is 96.2 Å². The molecular formula is C12H19NOS. The highest BCUT2D eigenvalue weighted by atomic mass is 32.2. The molecule has 0 heterocycles. The van der Waals surface area contributed by atoms with Crippen LogP contribution in [0.25, 0.3) is 0 Å². The highest BCUT2D eigenvalue weighted by molar-refractivity contribution is 7.99. The van der Waals surface area contributed by atoms with Crippen molar-refractivity contribution in [1.29, 1.82) is 0 Å². The normalized spacial score (nSPS) is 10.5. The van der Waals surface area contributed by atoms with E-state index < -0.39 is 0 Å². The minimum Gasteiger partial charge on any atom is -0.399 e. The van der Waals surface area contributed by atoms with E-state index in [9.17, 15) is 0 Å². The second-order valence-electron chi connectivity index (χ2n) is 3.34. The van der Waals surface area contributed by atoms with E-state index in [1.165, 1.54) is 17.1 Å². The van der Waals surface area contributed by atoms with Crippen molar-refractivity contribution in [3.05, 3.63) is 29.8 Å². The van der Waals surface area contributed by atoms with E-state index in [1.807, 2.05) is 36.0 Å². The van der Waals surface area contributed by atoms with Crippen LogP contribution in [0.1, 0.15) is 18.9 Å². The van der Waals surface area contributed by atoms with E-state index in [1.54, 1.807) is 0 Å². The summed E-state index contributed by atoms with van der Waals surface area (Å²) in [7, 11) is 0. The van der Waals surface area contributed by atoms with E-state index in [0.29, 0.717) is 6.61 Å². The molecule has 0 aliphatic heterocycles. The second-order valence-corrected chi connectivity index (χ2v) is 4.74. The predicted molar refractivity (Wildman–Crippen MR) is 68.1 cm³/mol. The van der Waals surface area contributed by atoms with Gasteiger partial charge in [0.15, 0.2) is 0 Å². The van der Waals surface area contributed by atoms with Gasteiger partial charge in [-0.3, -0.25) is 0 Å². The topological polar surface area (TPSA) is 35.2 Å². The molecule has 0 bridgehead atoms. The molecule has 2 N–H and O–H groups in total. The molecule has 15 heavy (non-hydrogen) atoms. The van der Waals surface area contributed by atoms with Crippen LogP contribution in [0.2, 0.25) is 0 Å². The Morgan fingerprint density at radius 2 is 2.00 bits per heavy atom. The van der Waals surface area contributed by atoms with Gasteiger partial charge in [0.2, 0.25) is 0 Å². The summed E-state index contributed by atoms with van der Waals surface area (Å²) in [6.07, 6.45) is 1.13. The van der Waals surface area contributed by atoms with Crippen molar-refractivity contribution in [2.75, 3.05) is 23.8 Å². The summed E-state index contributed by atoms with van der Waals surface area (Å²) in [4.78, 5) is 0. The summed E-state index contributed by atoms with van der Waals surface area (Å²) >= 11 is 1.96. The third kappa shape index (κ3) is 5.70. The van der Waals surface area contributed by atoms with Crippen molar-refractivity contribution in [3.8, 4) is 0 Å². The highest BCUT2D eigenvalue weighted by Crippen LogP contribution is 2.07. The zero-order valence-electron chi connectivity index (χ0n) is 9.24. The molecule has 1 aromatic carbocycles. The van der Waals surface area contributed by atoms with Crippen LogP contribution in [0.4, 0.5) is 5.69 Å². The van der Waals surface area contributed by atoms with Crippen LogP contribution in [0.3, 0.4) is 0 Å². The highest BCUT2D eigenvalue weighted by Gasteiger charge is 1.93. The molecule has 0 spiro atoms. The predicted octanol–water partition coefficient (Wildman–Crippen LogP) is 2.93. The molecule has 0 aliphatic carbocycles. The average molecular weight is 225 g/mol. The number of nitrogens with two attached hydrogens (primary N) is 1. The summed E-state index contributed by atoms with van der Waals surface area (Å²) in [5, 5.41) is 0. The Hall–Kier alpha value is -0.670. The first-order valence-corrected chi connectivity index (χ1v) is 6.48. The number of thioether (sulfide) groups is 1. The van der Waals surface area contributed by atoms with Crippen LogP contribution in [0, 0.1) is 0 Å². The van der Waals surface area contributed by atoms with Gasteiger partial charge in [-0.1, -0.05) is 19.1 Å². The van der Waals surface area contributed by atoms with Crippen molar-refractivity contribution in [2.45, 2.75) is 20.0 Å². The van der Waals surface area contributed by atoms with Gasteiger partial charge in [0.1, 0.15) is 0 Å². The van der Waals surface area contributed by atoms with Crippen LogP contribution in [-0.4, -0.2) is 18.1 Å². The Kier molecular flexibility index (Phi) is 6.28. The van der Waals surface area contributed by atoms with Crippen molar-refractivity contribution < 1.29 is 4.74 Å². The lowest BCUT2D eigenvalue weighted by molar-refractivity contribution is 0.122. The Morgan fingerprint density at radius 3 is 2.67 bits per heavy atom. The molecule has 0 radical (unpaired) electrons. The molecular weight excluding hydrogens is 206 g/mol. The maximum atomic E-state index is 5.59. The summed E-state index contributed by atoms with van der Waals surface area (Å²) < 4.78 is 5.55. The fraction of sp³-hybridized carbons (Fsp3) is 0.500. The second kappa shape index (κ2) is 7.60. The van der Waals surface area contributed by atoms with Gasteiger partial charge in [0.25, 0.3) is 0 Å². The fourth-order valence-electron chi connectivity index (χ4n) is 1.21. The van der Waals surface area contributed by atoms with Gasteiger partial charge in [0.05, 0.1) is 6.61 Å². The van der Waals surface area contributed by atoms with Gasteiger partial charge < -0.3 is 10.5 Å². The Morgan fingerprint density at radius 1 is 1.27 bits per heavy atom. The molecule has 0 fully saturated rings. The van der Waals surface area contributed by atoms with Crippen LogP contribution >= 0.6 is 11.8 Å². The van der Waals surface area contributed by atoms with Gasteiger partial charge >= 0.3 is 0 Å². The van der Waals surface area contributed by atoms with Gasteiger partial charge in [0, 0.05) is 12.3 Å². The molecule has 0 saturated carbocycles. The van der Waals surface area contributed by atoms with Gasteiger partial charge in [-0.25, -0.2) is 0 Å². The molecule has 0 atom stereocenters. The molecule has 0 unspecified atom stereocenters. The SMILES string of the molecule is CCSCCCOCc1ccc(N)cc1. The standard InChI is InChI=1S/C12H19NOS/c1-2-15-9-3-8-14-10-11-4-6-12(13)7-5-11/h4-7H,2-3,8-10,13H2,1H3. The Balaban J connectivity index is 2.07. The monoisotopic (exact) mass is 225 g/mol. The van der Waals surface area contributed by atoms with Gasteiger partial charge in [-0.2, -0.15) is 11.8 Å². The minimum absolute atomic E-state index is 0.692. The number of hydrogen-bond donors (Lipinski definition) is 1. The van der Waals surface area contributed by atoms with E-state index in [-0.39, 0.29) is 0 Å². The summed E-state index contributed by atoms with van der Waals surface area (Å²) in [6, 6.07) is 7.84. The number of rotatable bonds is 7. The van der Waals surface area contributed by atoms with Crippen LogP contribution in [-0.2, 0) is 11.3 Å². The molecule has 0 aliphatic rings. The maximum absolute atomic E-state index is 5.59. The molecule has 84 valence electrons. The average Bonchev–Trinajstić information content (AvgIpc) is 2.26. The number of benzene rings is 1. The number of anilines is 1. The molecule has 2 nitrogen and oxygen atoms in total. The molecule has 0 amide bonds. The number of nitrogen functional groups attached to an aromatic ring is 1. The van der Waals surface area contributed by atoms with E-state index >= 15 is 0 Å². The third-order valence-electron chi connectivity index (χ3n) is 2.03. The van der Waals surface area contributed by atoms with Crippen LogP contribution in [0.15, 0.2) is 24.3 Å². The third-order valence-corrected chi connectivity index (χ3v) is 3.02. The molecule has 1 rings (SSSR count). The van der Waals surface area contributed by atoms with E-state index in [4.69, 9.17) is 10.5 Å². The molecule has 0 saturated heterocycles. The summed E-state index contributed by atoms with van der Waals surface area (Å²) in [6.45, 7) is 3.72. The molecule has 0 aromatic heterocycles. The fourth-order valence-corrected chi connectivity index (χ4v) is 1.82. The lowest BCUT2D eigenvalue weighted by atomic mass is 10.2. The van der Waals surface area contributed by atoms with Crippen LogP contribution in [0.5, 0.6) is 0 Å². The van der Waals surface area contributed by atoms with E-state index in [0.717, 1.165) is 18.7 Å².